The van der Waals surface area contributed by atoms with E-state index in [2.05, 4.69) is 16.3 Å². The molecule has 2 aliphatic heterocycles. The Kier molecular flexibility index (Phi) is 7.40. The summed E-state index contributed by atoms with van der Waals surface area (Å²) in [4.78, 5) is 17.1. The maximum Gasteiger partial charge on any atom is 0.225 e. The van der Waals surface area contributed by atoms with Crippen LogP contribution < -0.4 is 16.0 Å². The highest BCUT2D eigenvalue weighted by Crippen LogP contribution is 2.34. The number of hydrogen-bond acceptors (Lipinski definition) is 4. The highest BCUT2D eigenvalue weighted by atomic mass is 35.5. The van der Waals surface area contributed by atoms with Crippen molar-refractivity contribution in [2.24, 2.45) is 11.7 Å². The lowest BCUT2D eigenvalue weighted by Crippen LogP contribution is -2.42. The highest BCUT2D eigenvalue weighted by Gasteiger charge is 2.32. The molecular weight excluding hydrogens is 467 g/mol. The summed E-state index contributed by atoms with van der Waals surface area (Å²) in [6, 6.07) is 11.6. The fourth-order valence-corrected chi connectivity index (χ4v) is 5.36. The fraction of sp³-hybridized carbons (Fsp3) is 0.458. The molecule has 2 aliphatic rings. The number of nitrogens with zero attached hydrogens (tertiary/aromatic N) is 2. The van der Waals surface area contributed by atoms with Gasteiger partial charge in [0.15, 0.2) is 0 Å². The van der Waals surface area contributed by atoms with Gasteiger partial charge >= 0.3 is 0 Å². The SMILES string of the molecule is CC(Nc1cc(N2CCC(C(=O)N3CCC(N)C3)CC2)ccc1Cl)c1ccc(Cl)cc1Cl. The van der Waals surface area contributed by atoms with Crippen molar-refractivity contribution in [1.29, 1.82) is 0 Å². The molecule has 0 spiro atoms. The van der Waals surface area contributed by atoms with Gasteiger partial charge in [-0.05, 0) is 62.1 Å². The summed E-state index contributed by atoms with van der Waals surface area (Å²) in [6.45, 7) is 5.22. The third-order valence-corrected chi connectivity index (χ3v) is 7.39. The fourth-order valence-electron chi connectivity index (χ4n) is 4.61. The van der Waals surface area contributed by atoms with E-state index in [0.717, 1.165) is 55.8 Å². The Labute approximate surface area is 204 Å². The molecule has 0 saturated carbocycles. The molecule has 8 heteroatoms. The number of halogens is 3. The second-order valence-corrected chi connectivity index (χ2v) is 10.0. The van der Waals surface area contributed by atoms with Crippen molar-refractivity contribution in [2.45, 2.75) is 38.3 Å². The largest absolute Gasteiger partial charge is 0.377 e. The number of hydrogen-bond donors (Lipinski definition) is 2. The van der Waals surface area contributed by atoms with Gasteiger partial charge in [0.25, 0.3) is 0 Å². The first-order valence-electron chi connectivity index (χ1n) is 11.1. The Bertz CT molecular complexity index is 978. The lowest BCUT2D eigenvalue weighted by molar-refractivity contribution is -0.135. The van der Waals surface area contributed by atoms with E-state index in [-0.39, 0.29) is 23.9 Å². The van der Waals surface area contributed by atoms with Gasteiger partial charge in [-0.15, -0.1) is 0 Å². The van der Waals surface area contributed by atoms with Crippen LogP contribution in [0.15, 0.2) is 36.4 Å². The van der Waals surface area contributed by atoms with Crippen LogP contribution in [0.4, 0.5) is 11.4 Å². The summed E-state index contributed by atoms with van der Waals surface area (Å²) in [6.07, 6.45) is 2.62. The van der Waals surface area contributed by atoms with Crippen molar-refractivity contribution in [1.82, 2.24) is 4.90 Å². The number of carbonyl (C=O) groups excluding carboxylic acids is 1. The van der Waals surface area contributed by atoms with Crippen LogP contribution in [0.1, 0.15) is 37.8 Å². The molecule has 2 heterocycles. The number of rotatable bonds is 5. The molecule has 32 heavy (non-hydrogen) atoms. The number of amides is 1. The van der Waals surface area contributed by atoms with E-state index >= 15 is 0 Å². The minimum atomic E-state index is -0.0392. The molecule has 2 saturated heterocycles. The summed E-state index contributed by atoms with van der Waals surface area (Å²) >= 11 is 18.9. The highest BCUT2D eigenvalue weighted by molar-refractivity contribution is 6.35. The van der Waals surface area contributed by atoms with Gasteiger partial charge in [0.05, 0.1) is 16.8 Å². The first-order valence-corrected chi connectivity index (χ1v) is 12.3. The summed E-state index contributed by atoms with van der Waals surface area (Å²) in [5.74, 6) is 0.359. The van der Waals surface area contributed by atoms with E-state index in [0.29, 0.717) is 21.6 Å². The monoisotopic (exact) mass is 494 g/mol. The Morgan fingerprint density at radius 2 is 1.78 bits per heavy atom. The van der Waals surface area contributed by atoms with Crippen molar-refractivity contribution in [3.8, 4) is 0 Å². The van der Waals surface area contributed by atoms with Crippen LogP contribution >= 0.6 is 34.8 Å². The van der Waals surface area contributed by atoms with E-state index in [9.17, 15) is 4.79 Å². The van der Waals surface area contributed by atoms with Crippen LogP contribution in [0.5, 0.6) is 0 Å². The van der Waals surface area contributed by atoms with Crippen LogP contribution in [-0.4, -0.2) is 43.0 Å². The lowest BCUT2D eigenvalue weighted by Gasteiger charge is -2.35. The van der Waals surface area contributed by atoms with Gasteiger partial charge in [-0.25, -0.2) is 0 Å². The molecule has 0 aromatic heterocycles. The lowest BCUT2D eigenvalue weighted by atomic mass is 9.95. The van der Waals surface area contributed by atoms with Gasteiger partial charge < -0.3 is 20.9 Å². The zero-order valence-corrected chi connectivity index (χ0v) is 20.4. The van der Waals surface area contributed by atoms with Crippen molar-refractivity contribution in [2.75, 3.05) is 36.4 Å². The number of nitrogens with two attached hydrogens (primary N) is 1. The quantitative estimate of drug-likeness (QED) is 0.567. The molecule has 5 nitrogen and oxygen atoms in total. The third kappa shape index (κ3) is 5.28. The van der Waals surface area contributed by atoms with Gasteiger partial charge in [-0.1, -0.05) is 40.9 Å². The Balaban J connectivity index is 1.40. The van der Waals surface area contributed by atoms with Crippen LogP contribution in [0, 0.1) is 5.92 Å². The van der Waals surface area contributed by atoms with E-state index < -0.39 is 0 Å². The second-order valence-electron chi connectivity index (χ2n) is 8.79. The van der Waals surface area contributed by atoms with Crippen molar-refractivity contribution in [3.05, 3.63) is 57.0 Å². The molecule has 2 atom stereocenters. The normalized spacial score (nSPS) is 20.5. The Morgan fingerprint density at radius 1 is 1.03 bits per heavy atom. The number of likely N-dealkylation sites (tertiary alicyclic amines) is 1. The molecule has 3 N–H and O–H groups in total. The van der Waals surface area contributed by atoms with Crippen molar-refractivity contribution >= 4 is 52.1 Å². The molecule has 2 aromatic carbocycles. The summed E-state index contributed by atoms with van der Waals surface area (Å²) in [5.41, 5.74) is 8.88. The van der Waals surface area contributed by atoms with Crippen LogP contribution in [0.3, 0.4) is 0 Å². The van der Waals surface area contributed by atoms with Gasteiger partial charge in [0, 0.05) is 53.9 Å². The molecule has 172 valence electrons. The average Bonchev–Trinajstić information content (AvgIpc) is 3.21. The third-order valence-electron chi connectivity index (χ3n) is 6.50. The van der Waals surface area contributed by atoms with Crippen LogP contribution in [0.2, 0.25) is 15.1 Å². The number of nitrogens with one attached hydrogen (secondary N) is 1. The predicted molar refractivity (Wildman–Crippen MR) is 134 cm³/mol. The van der Waals surface area contributed by atoms with E-state index in [4.69, 9.17) is 40.5 Å². The van der Waals surface area contributed by atoms with Crippen LogP contribution in [0.25, 0.3) is 0 Å². The molecular formula is C24H29Cl3N4O. The molecule has 2 unspecified atom stereocenters. The zero-order chi connectivity index (χ0) is 22.8. The molecule has 0 aliphatic carbocycles. The minimum absolute atomic E-state index is 0.0392. The number of benzene rings is 2. The maximum absolute atomic E-state index is 12.8. The molecule has 0 bridgehead atoms. The molecule has 4 rings (SSSR count). The van der Waals surface area contributed by atoms with Gasteiger partial charge in [0.1, 0.15) is 0 Å². The number of anilines is 2. The second kappa shape index (κ2) is 10.1. The molecule has 2 aromatic rings. The average molecular weight is 496 g/mol. The van der Waals surface area contributed by atoms with Gasteiger partial charge in [-0.3, -0.25) is 4.79 Å². The summed E-state index contributed by atoms with van der Waals surface area (Å²) < 4.78 is 0. The first-order chi connectivity index (χ1) is 15.3. The Morgan fingerprint density at radius 3 is 2.44 bits per heavy atom. The topological polar surface area (TPSA) is 61.6 Å². The molecule has 1 amide bonds. The molecule has 0 radical (unpaired) electrons. The molecule has 2 fully saturated rings. The first kappa shape index (κ1) is 23.5. The van der Waals surface area contributed by atoms with Crippen LogP contribution in [-0.2, 0) is 4.79 Å². The van der Waals surface area contributed by atoms with E-state index in [1.807, 2.05) is 36.1 Å². The van der Waals surface area contributed by atoms with Crippen molar-refractivity contribution in [3.63, 3.8) is 0 Å². The number of piperidine rings is 1. The maximum atomic E-state index is 12.8. The van der Waals surface area contributed by atoms with Gasteiger partial charge in [-0.2, -0.15) is 0 Å². The van der Waals surface area contributed by atoms with E-state index in [1.54, 1.807) is 6.07 Å². The van der Waals surface area contributed by atoms with E-state index in [1.165, 1.54) is 0 Å². The predicted octanol–water partition coefficient (Wildman–Crippen LogP) is 5.60. The van der Waals surface area contributed by atoms with Crippen molar-refractivity contribution < 1.29 is 4.79 Å². The minimum Gasteiger partial charge on any atom is -0.377 e. The zero-order valence-electron chi connectivity index (χ0n) is 18.2. The number of carbonyl (C=O) groups is 1. The Hall–Kier alpha value is -1.66. The van der Waals surface area contributed by atoms with Gasteiger partial charge in [0.2, 0.25) is 5.91 Å². The summed E-state index contributed by atoms with van der Waals surface area (Å²) in [5, 5.41) is 5.36. The standard InChI is InChI=1S/C24H29Cl3N4O/c1-15(20-4-2-17(25)12-22(20)27)29-23-13-19(3-5-21(23)26)30-9-6-16(7-10-30)24(32)31-11-8-18(28)14-31/h2-5,12-13,15-16,18,29H,6-11,14,28H2,1H3. The smallest absolute Gasteiger partial charge is 0.225 e. The summed E-state index contributed by atoms with van der Waals surface area (Å²) in [7, 11) is 0.